The Hall–Kier alpha value is -2.73. The van der Waals surface area contributed by atoms with Crippen molar-refractivity contribution in [3.05, 3.63) is 83.4 Å². The number of thioether (sulfide) groups is 1. The van der Waals surface area contributed by atoms with Gasteiger partial charge in [-0.1, -0.05) is 30.3 Å². The number of imidazole rings is 1. The minimum atomic E-state index is -0.417. The SMILES string of the molecule is COc1ccccc1C(NC(=O)c1ccc(CSC)cc1)c1nccn1C. The number of nitrogens with zero attached hydrogens (tertiary/aromatic N) is 2. The second-order valence-electron chi connectivity index (χ2n) is 6.17. The number of benzene rings is 2. The number of para-hydroxylation sites is 1. The highest BCUT2D eigenvalue weighted by Gasteiger charge is 2.24. The summed E-state index contributed by atoms with van der Waals surface area (Å²) in [4.78, 5) is 17.4. The third-order valence-electron chi connectivity index (χ3n) is 4.37. The number of carbonyl (C=O) groups excluding carboxylic acids is 1. The molecule has 1 unspecified atom stereocenters. The van der Waals surface area contributed by atoms with Crippen LogP contribution in [0.25, 0.3) is 0 Å². The van der Waals surface area contributed by atoms with Crippen molar-refractivity contribution in [3.63, 3.8) is 0 Å². The summed E-state index contributed by atoms with van der Waals surface area (Å²) >= 11 is 1.76. The first-order valence-electron chi connectivity index (χ1n) is 8.63. The fourth-order valence-corrected chi connectivity index (χ4v) is 3.50. The van der Waals surface area contributed by atoms with Crippen LogP contribution in [0.2, 0.25) is 0 Å². The molecule has 1 atom stereocenters. The molecule has 0 spiro atoms. The number of hydrogen-bond acceptors (Lipinski definition) is 4. The summed E-state index contributed by atoms with van der Waals surface area (Å²) in [5, 5.41) is 3.11. The van der Waals surface area contributed by atoms with E-state index in [0.29, 0.717) is 11.3 Å². The van der Waals surface area contributed by atoms with E-state index >= 15 is 0 Å². The smallest absolute Gasteiger partial charge is 0.252 e. The summed E-state index contributed by atoms with van der Waals surface area (Å²) in [6.07, 6.45) is 5.65. The number of rotatable bonds is 7. The first-order valence-corrected chi connectivity index (χ1v) is 10.0. The highest BCUT2D eigenvalue weighted by Crippen LogP contribution is 2.29. The monoisotopic (exact) mass is 381 g/mol. The number of aryl methyl sites for hydroxylation is 1. The molecule has 3 aromatic rings. The molecule has 0 radical (unpaired) electrons. The average molecular weight is 382 g/mol. The Balaban J connectivity index is 1.92. The molecule has 5 nitrogen and oxygen atoms in total. The van der Waals surface area contributed by atoms with E-state index in [1.807, 2.05) is 66.3 Å². The number of methoxy groups -OCH3 is 1. The van der Waals surface area contributed by atoms with Crippen molar-refractivity contribution in [2.75, 3.05) is 13.4 Å². The summed E-state index contributed by atoms with van der Waals surface area (Å²) in [5.74, 6) is 2.23. The van der Waals surface area contributed by atoms with Crippen molar-refractivity contribution >= 4 is 17.7 Å². The maximum Gasteiger partial charge on any atom is 0.252 e. The van der Waals surface area contributed by atoms with Crippen LogP contribution in [-0.4, -0.2) is 28.8 Å². The Labute approximate surface area is 163 Å². The van der Waals surface area contributed by atoms with Gasteiger partial charge in [-0.2, -0.15) is 11.8 Å². The van der Waals surface area contributed by atoms with Crippen LogP contribution in [0.5, 0.6) is 5.75 Å². The molecule has 140 valence electrons. The van der Waals surface area contributed by atoms with E-state index in [1.165, 1.54) is 5.56 Å². The van der Waals surface area contributed by atoms with Crippen LogP contribution in [-0.2, 0) is 12.8 Å². The highest BCUT2D eigenvalue weighted by atomic mass is 32.2. The van der Waals surface area contributed by atoms with Crippen LogP contribution >= 0.6 is 11.8 Å². The van der Waals surface area contributed by atoms with E-state index in [9.17, 15) is 4.79 Å². The van der Waals surface area contributed by atoms with E-state index in [0.717, 1.165) is 17.1 Å². The summed E-state index contributed by atoms with van der Waals surface area (Å²) in [6.45, 7) is 0. The van der Waals surface area contributed by atoms with Crippen molar-refractivity contribution in [1.29, 1.82) is 0 Å². The van der Waals surface area contributed by atoms with Gasteiger partial charge in [0, 0.05) is 36.3 Å². The van der Waals surface area contributed by atoms with Crippen LogP contribution in [0, 0.1) is 0 Å². The highest BCUT2D eigenvalue weighted by molar-refractivity contribution is 7.97. The molecule has 2 aromatic carbocycles. The van der Waals surface area contributed by atoms with Gasteiger partial charge >= 0.3 is 0 Å². The maximum absolute atomic E-state index is 12.9. The molecule has 1 amide bonds. The minimum absolute atomic E-state index is 0.149. The van der Waals surface area contributed by atoms with Gasteiger partial charge < -0.3 is 14.6 Å². The maximum atomic E-state index is 12.9. The zero-order valence-electron chi connectivity index (χ0n) is 15.7. The van der Waals surface area contributed by atoms with Gasteiger partial charge in [-0.3, -0.25) is 4.79 Å². The minimum Gasteiger partial charge on any atom is -0.496 e. The molecule has 0 fully saturated rings. The van der Waals surface area contributed by atoms with E-state index in [-0.39, 0.29) is 5.91 Å². The normalized spacial score (nSPS) is 11.8. The largest absolute Gasteiger partial charge is 0.496 e. The summed E-state index contributed by atoms with van der Waals surface area (Å²) in [7, 11) is 3.54. The van der Waals surface area contributed by atoms with Crippen molar-refractivity contribution in [2.45, 2.75) is 11.8 Å². The Morgan fingerprint density at radius 2 is 1.96 bits per heavy atom. The van der Waals surface area contributed by atoms with Gasteiger partial charge in [0.1, 0.15) is 17.6 Å². The van der Waals surface area contributed by atoms with Gasteiger partial charge in [-0.25, -0.2) is 4.98 Å². The number of aromatic nitrogens is 2. The molecule has 27 heavy (non-hydrogen) atoms. The molecular formula is C21H23N3O2S. The van der Waals surface area contributed by atoms with Crippen LogP contribution in [0.1, 0.15) is 33.4 Å². The first kappa shape index (κ1) is 19.0. The Bertz CT molecular complexity index is 906. The Morgan fingerprint density at radius 1 is 1.22 bits per heavy atom. The van der Waals surface area contributed by atoms with Crippen LogP contribution < -0.4 is 10.1 Å². The van der Waals surface area contributed by atoms with E-state index in [4.69, 9.17) is 4.74 Å². The Kier molecular flexibility index (Phi) is 6.19. The third-order valence-corrected chi connectivity index (χ3v) is 4.99. The lowest BCUT2D eigenvalue weighted by Crippen LogP contribution is -2.31. The molecular weight excluding hydrogens is 358 g/mol. The summed E-state index contributed by atoms with van der Waals surface area (Å²) in [5.41, 5.74) is 2.68. The summed E-state index contributed by atoms with van der Waals surface area (Å²) < 4.78 is 7.41. The van der Waals surface area contributed by atoms with Crippen LogP contribution in [0.15, 0.2) is 60.9 Å². The van der Waals surface area contributed by atoms with Gasteiger partial charge in [-0.15, -0.1) is 0 Å². The molecule has 6 heteroatoms. The zero-order chi connectivity index (χ0) is 19.2. The topological polar surface area (TPSA) is 56.1 Å². The molecule has 1 heterocycles. The molecule has 0 aliphatic rings. The quantitative estimate of drug-likeness (QED) is 0.676. The van der Waals surface area contributed by atoms with Crippen LogP contribution in [0.4, 0.5) is 0 Å². The second kappa shape index (κ2) is 8.77. The van der Waals surface area contributed by atoms with Crippen molar-refractivity contribution < 1.29 is 9.53 Å². The van der Waals surface area contributed by atoms with Gasteiger partial charge in [0.15, 0.2) is 0 Å². The third kappa shape index (κ3) is 4.34. The molecule has 1 aromatic heterocycles. The van der Waals surface area contributed by atoms with Crippen molar-refractivity contribution in [3.8, 4) is 5.75 Å². The average Bonchev–Trinajstić information content (AvgIpc) is 3.12. The van der Waals surface area contributed by atoms with Gasteiger partial charge in [0.2, 0.25) is 0 Å². The number of nitrogens with one attached hydrogen (secondary N) is 1. The van der Waals surface area contributed by atoms with Gasteiger partial charge in [0.25, 0.3) is 5.91 Å². The first-order chi connectivity index (χ1) is 13.1. The van der Waals surface area contributed by atoms with E-state index in [1.54, 1.807) is 25.1 Å². The van der Waals surface area contributed by atoms with Gasteiger partial charge in [0.05, 0.1) is 7.11 Å². The second-order valence-corrected chi connectivity index (χ2v) is 7.04. The van der Waals surface area contributed by atoms with Crippen molar-refractivity contribution in [2.24, 2.45) is 7.05 Å². The molecule has 0 aliphatic heterocycles. The lowest BCUT2D eigenvalue weighted by atomic mass is 10.0. The van der Waals surface area contributed by atoms with E-state index < -0.39 is 6.04 Å². The molecule has 0 aliphatic carbocycles. The number of carbonyl (C=O) groups is 1. The number of hydrogen-bond donors (Lipinski definition) is 1. The number of ether oxygens (including phenoxy) is 1. The molecule has 0 saturated heterocycles. The number of amides is 1. The predicted molar refractivity (Wildman–Crippen MR) is 109 cm³/mol. The zero-order valence-corrected chi connectivity index (χ0v) is 16.5. The van der Waals surface area contributed by atoms with Crippen LogP contribution in [0.3, 0.4) is 0 Å². The Morgan fingerprint density at radius 3 is 2.59 bits per heavy atom. The summed E-state index contributed by atoms with van der Waals surface area (Å²) in [6, 6.07) is 14.9. The fourth-order valence-electron chi connectivity index (χ4n) is 2.98. The predicted octanol–water partition coefficient (Wildman–Crippen LogP) is 3.81. The standard InChI is InChI=1S/C21H23N3O2S/c1-24-13-12-22-20(24)19(17-6-4-5-7-18(17)26-2)23-21(25)16-10-8-15(9-11-16)14-27-3/h4-13,19H,14H2,1-3H3,(H,23,25). The molecule has 0 saturated carbocycles. The fraction of sp³-hybridized carbons (Fsp3) is 0.238. The van der Waals surface area contributed by atoms with Gasteiger partial charge in [-0.05, 0) is 30.0 Å². The molecule has 0 bridgehead atoms. The lowest BCUT2D eigenvalue weighted by molar-refractivity contribution is 0.0941. The van der Waals surface area contributed by atoms with Crippen molar-refractivity contribution in [1.82, 2.24) is 14.9 Å². The van der Waals surface area contributed by atoms with E-state index in [2.05, 4.69) is 16.6 Å². The molecule has 1 N–H and O–H groups in total. The lowest BCUT2D eigenvalue weighted by Gasteiger charge is -2.21. The molecule has 3 rings (SSSR count).